The van der Waals surface area contributed by atoms with Crippen LogP contribution in [-0.2, 0) is 9.47 Å². The Hall–Kier alpha value is -0.160. The molecule has 0 radical (unpaired) electrons. The van der Waals surface area contributed by atoms with Crippen LogP contribution in [0.4, 0.5) is 0 Å². The van der Waals surface area contributed by atoms with Crippen molar-refractivity contribution in [2.75, 3.05) is 13.2 Å². The Morgan fingerprint density at radius 2 is 1.68 bits per heavy atom. The van der Waals surface area contributed by atoms with Crippen LogP contribution in [0, 0.1) is 5.41 Å². The van der Waals surface area contributed by atoms with E-state index in [2.05, 4.69) is 13.8 Å². The maximum atomic E-state index is 9.85. The number of hydrogen-bond acceptors (Lipinski definition) is 4. The van der Waals surface area contributed by atoms with Crippen molar-refractivity contribution in [2.24, 2.45) is 5.41 Å². The van der Waals surface area contributed by atoms with Crippen molar-refractivity contribution in [3.05, 3.63) is 0 Å². The van der Waals surface area contributed by atoms with Crippen molar-refractivity contribution < 1.29 is 19.7 Å². The smallest absolute Gasteiger partial charge is 0.166 e. The molecule has 0 fully saturated rings. The summed E-state index contributed by atoms with van der Waals surface area (Å²) in [6.45, 7) is 9.91. The van der Waals surface area contributed by atoms with E-state index in [4.69, 9.17) is 14.6 Å². The second-order valence-electron chi connectivity index (χ2n) is 5.62. The molecule has 0 aliphatic rings. The summed E-state index contributed by atoms with van der Waals surface area (Å²) in [5.74, 6) is 0. The highest BCUT2D eigenvalue weighted by Gasteiger charge is 2.39. The van der Waals surface area contributed by atoms with Gasteiger partial charge in [0.1, 0.15) is 0 Å². The van der Waals surface area contributed by atoms with E-state index in [0.29, 0.717) is 0 Å². The van der Waals surface area contributed by atoms with E-state index in [1.807, 2.05) is 20.8 Å². The maximum absolute atomic E-state index is 9.85. The molecule has 2 N–H and O–H groups in total. The molecule has 0 aliphatic carbocycles. The first-order chi connectivity index (χ1) is 8.95. The van der Waals surface area contributed by atoms with E-state index in [9.17, 15) is 5.11 Å². The molecule has 4 heteroatoms. The second-order valence-corrected chi connectivity index (χ2v) is 5.62. The highest BCUT2D eigenvalue weighted by atomic mass is 16.7. The lowest BCUT2D eigenvalue weighted by Gasteiger charge is -2.40. The molecule has 0 amide bonds. The highest BCUT2D eigenvalue weighted by Crippen LogP contribution is 2.36. The number of ether oxygens (including phenoxy) is 2. The van der Waals surface area contributed by atoms with E-state index >= 15 is 0 Å². The molecule has 0 bridgehead atoms. The first kappa shape index (κ1) is 18.8. The van der Waals surface area contributed by atoms with E-state index < -0.39 is 6.29 Å². The molecule has 3 atom stereocenters. The Labute approximate surface area is 118 Å². The van der Waals surface area contributed by atoms with Crippen LogP contribution in [0.1, 0.15) is 60.3 Å². The van der Waals surface area contributed by atoms with Gasteiger partial charge in [-0.1, -0.05) is 26.7 Å². The van der Waals surface area contributed by atoms with Crippen LogP contribution in [0.2, 0.25) is 0 Å². The molecule has 0 saturated carbocycles. The summed E-state index contributed by atoms with van der Waals surface area (Å²) < 4.78 is 11.7. The van der Waals surface area contributed by atoms with Crippen molar-refractivity contribution in [3.63, 3.8) is 0 Å². The Balaban J connectivity index is 4.98. The molecule has 0 aromatic heterocycles. The summed E-state index contributed by atoms with van der Waals surface area (Å²) in [5, 5.41) is 19.0. The van der Waals surface area contributed by atoms with Gasteiger partial charge in [-0.05, 0) is 33.6 Å². The quantitative estimate of drug-likeness (QED) is 0.570. The Morgan fingerprint density at radius 1 is 1.05 bits per heavy atom. The third-order valence-electron chi connectivity index (χ3n) is 3.56. The fraction of sp³-hybridized carbons (Fsp3) is 1.00. The van der Waals surface area contributed by atoms with Gasteiger partial charge in [0.25, 0.3) is 0 Å². The zero-order chi connectivity index (χ0) is 14.9. The number of hydrogen-bond donors (Lipinski definition) is 2. The lowest BCUT2D eigenvalue weighted by atomic mass is 9.80. The molecular weight excluding hydrogens is 244 g/mol. The molecule has 0 aromatic rings. The third kappa shape index (κ3) is 6.21. The molecule has 0 aliphatic heterocycles. The van der Waals surface area contributed by atoms with Gasteiger partial charge < -0.3 is 19.7 Å². The van der Waals surface area contributed by atoms with Crippen molar-refractivity contribution in [1.82, 2.24) is 0 Å². The van der Waals surface area contributed by atoms with E-state index in [1.165, 1.54) is 0 Å². The first-order valence-corrected chi connectivity index (χ1v) is 7.48. The summed E-state index contributed by atoms with van der Waals surface area (Å²) in [5.41, 5.74) is -0.385. The van der Waals surface area contributed by atoms with Gasteiger partial charge in [-0.3, -0.25) is 0 Å². The fourth-order valence-corrected chi connectivity index (χ4v) is 2.08. The predicted molar refractivity (Wildman–Crippen MR) is 77.0 cm³/mol. The van der Waals surface area contributed by atoms with Crippen LogP contribution in [0.3, 0.4) is 0 Å². The summed E-state index contributed by atoms with van der Waals surface area (Å²) in [4.78, 5) is 0. The number of aliphatic hydroxyl groups is 2. The van der Waals surface area contributed by atoms with Gasteiger partial charge in [-0.25, -0.2) is 0 Å². The topological polar surface area (TPSA) is 58.9 Å². The fourth-order valence-electron chi connectivity index (χ4n) is 2.08. The standard InChI is InChI=1S/C15H32O4/c1-6-8-9-15(7-2,11-17)14(18-12(3)4)19-13(5)10-16/h12-14,16-17H,6-11H2,1-5H3. The van der Waals surface area contributed by atoms with Crippen LogP contribution in [0.25, 0.3) is 0 Å². The van der Waals surface area contributed by atoms with Crippen LogP contribution >= 0.6 is 0 Å². The van der Waals surface area contributed by atoms with E-state index in [0.717, 1.165) is 25.7 Å². The lowest BCUT2D eigenvalue weighted by Crippen LogP contribution is -2.45. The zero-order valence-corrected chi connectivity index (χ0v) is 13.2. The van der Waals surface area contributed by atoms with Gasteiger partial charge in [0.15, 0.2) is 6.29 Å². The summed E-state index contributed by atoms with van der Waals surface area (Å²) in [6, 6.07) is 0. The molecule has 3 unspecified atom stereocenters. The minimum atomic E-state index is -0.476. The Kier molecular flexibility index (Phi) is 9.62. The SMILES string of the molecule is CCCCC(CC)(CO)C(OC(C)C)OC(C)CO. The molecule has 0 rings (SSSR count). The maximum Gasteiger partial charge on any atom is 0.166 e. The zero-order valence-electron chi connectivity index (χ0n) is 13.2. The molecule has 116 valence electrons. The van der Waals surface area contributed by atoms with Gasteiger partial charge in [-0.15, -0.1) is 0 Å². The second kappa shape index (κ2) is 9.70. The molecule has 0 aromatic carbocycles. The number of rotatable bonds is 11. The average Bonchev–Trinajstić information content (AvgIpc) is 2.39. The van der Waals surface area contributed by atoms with Gasteiger partial charge >= 0.3 is 0 Å². The monoisotopic (exact) mass is 276 g/mol. The van der Waals surface area contributed by atoms with E-state index in [-0.39, 0.29) is 30.8 Å². The molecule has 0 heterocycles. The van der Waals surface area contributed by atoms with Crippen LogP contribution in [0.5, 0.6) is 0 Å². The average molecular weight is 276 g/mol. The van der Waals surface area contributed by atoms with Crippen molar-refractivity contribution in [1.29, 1.82) is 0 Å². The van der Waals surface area contributed by atoms with Gasteiger partial charge in [0.05, 0.1) is 25.4 Å². The van der Waals surface area contributed by atoms with Gasteiger partial charge in [0, 0.05) is 5.41 Å². The molecule has 0 saturated heterocycles. The molecule has 0 spiro atoms. The first-order valence-electron chi connectivity index (χ1n) is 7.48. The Bertz CT molecular complexity index is 214. The summed E-state index contributed by atoms with van der Waals surface area (Å²) >= 11 is 0. The lowest BCUT2D eigenvalue weighted by molar-refractivity contribution is -0.255. The van der Waals surface area contributed by atoms with Crippen LogP contribution in [0.15, 0.2) is 0 Å². The molecule has 19 heavy (non-hydrogen) atoms. The minimum Gasteiger partial charge on any atom is -0.396 e. The van der Waals surface area contributed by atoms with Crippen molar-refractivity contribution >= 4 is 0 Å². The highest BCUT2D eigenvalue weighted by molar-refractivity contribution is 4.82. The number of unbranched alkanes of at least 4 members (excludes halogenated alkanes) is 1. The molecule has 4 nitrogen and oxygen atoms in total. The number of aliphatic hydroxyl groups excluding tert-OH is 2. The normalized spacial score (nSPS) is 18.3. The van der Waals surface area contributed by atoms with Gasteiger partial charge in [-0.2, -0.15) is 0 Å². The van der Waals surface area contributed by atoms with Crippen LogP contribution < -0.4 is 0 Å². The van der Waals surface area contributed by atoms with Crippen molar-refractivity contribution in [3.8, 4) is 0 Å². The molecular formula is C15H32O4. The van der Waals surface area contributed by atoms with E-state index in [1.54, 1.807) is 0 Å². The Morgan fingerprint density at radius 3 is 2.05 bits per heavy atom. The minimum absolute atomic E-state index is 0.0231. The predicted octanol–water partition coefficient (Wildman–Crippen LogP) is 2.71. The summed E-state index contributed by atoms with van der Waals surface area (Å²) in [6.07, 6.45) is 3.02. The largest absolute Gasteiger partial charge is 0.396 e. The third-order valence-corrected chi connectivity index (χ3v) is 3.56. The van der Waals surface area contributed by atoms with Gasteiger partial charge in [0.2, 0.25) is 0 Å². The van der Waals surface area contributed by atoms with Crippen molar-refractivity contribution in [2.45, 2.75) is 78.8 Å². The van der Waals surface area contributed by atoms with Crippen LogP contribution in [-0.4, -0.2) is 41.9 Å². The summed E-state index contributed by atoms with van der Waals surface area (Å²) in [7, 11) is 0.